The van der Waals surface area contributed by atoms with E-state index >= 15 is 0 Å². The first-order valence-electron chi connectivity index (χ1n) is 5.23. The topological polar surface area (TPSA) is 26.0 Å². The minimum absolute atomic E-state index is 0.156. The van der Waals surface area contributed by atoms with Crippen LogP contribution in [-0.2, 0) is 6.42 Å². The summed E-state index contributed by atoms with van der Waals surface area (Å²) in [7, 11) is 0. The molecule has 0 spiro atoms. The lowest BCUT2D eigenvalue weighted by molar-refractivity contribution is 0.554. The zero-order valence-electron chi connectivity index (χ0n) is 8.89. The minimum atomic E-state index is -0.162. The molecule has 14 heavy (non-hydrogen) atoms. The third kappa shape index (κ3) is 2.32. The summed E-state index contributed by atoms with van der Waals surface area (Å²) in [6.45, 7) is 4.09. The van der Waals surface area contributed by atoms with E-state index in [1.54, 1.807) is 6.07 Å². The molecule has 0 unspecified atom stereocenters. The quantitative estimate of drug-likeness (QED) is 0.784. The number of benzene rings is 1. The van der Waals surface area contributed by atoms with Crippen LogP contribution in [0.4, 0.5) is 4.39 Å². The number of nitrogens with two attached hydrogens (primary N) is 1. The first-order chi connectivity index (χ1) is 6.70. The van der Waals surface area contributed by atoms with Crippen molar-refractivity contribution in [2.45, 2.75) is 39.2 Å². The SMILES string of the molecule is CCC[C@H](N)c1c(F)cccc1CC. The van der Waals surface area contributed by atoms with E-state index in [0.717, 1.165) is 24.8 Å². The van der Waals surface area contributed by atoms with Crippen LogP contribution in [0, 0.1) is 5.82 Å². The Labute approximate surface area is 85.1 Å². The van der Waals surface area contributed by atoms with Crippen molar-refractivity contribution >= 4 is 0 Å². The van der Waals surface area contributed by atoms with E-state index in [1.807, 2.05) is 13.0 Å². The third-order valence-electron chi connectivity index (χ3n) is 2.49. The Balaban J connectivity index is 3.03. The van der Waals surface area contributed by atoms with Gasteiger partial charge in [-0.1, -0.05) is 32.4 Å². The maximum Gasteiger partial charge on any atom is 0.128 e. The van der Waals surface area contributed by atoms with E-state index in [9.17, 15) is 4.39 Å². The second kappa shape index (κ2) is 5.11. The average Bonchev–Trinajstić information content (AvgIpc) is 2.17. The summed E-state index contributed by atoms with van der Waals surface area (Å²) in [5, 5.41) is 0. The number of hydrogen-bond donors (Lipinski definition) is 1. The molecule has 0 aliphatic heterocycles. The van der Waals surface area contributed by atoms with E-state index in [2.05, 4.69) is 6.92 Å². The standard InChI is InChI=1S/C12H18FN/c1-3-6-11(14)12-9(4-2)7-5-8-10(12)13/h5,7-8,11H,3-4,6,14H2,1-2H3/t11-/m0/s1. The monoisotopic (exact) mass is 195 g/mol. The van der Waals surface area contributed by atoms with Crippen molar-refractivity contribution in [2.75, 3.05) is 0 Å². The molecule has 0 aliphatic rings. The van der Waals surface area contributed by atoms with E-state index in [0.29, 0.717) is 5.56 Å². The highest BCUT2D eigenvalue weighted by molar-refractivity contribution is 5.31. The lowest BCUT2D eigenvalue weighted by Gasteiger charge is -2.15. The molecule has 2 N–H and O–H groups in total. The highest BCUT2D eigenvalue weighted by Crippen LogP contribution is 2.23. The van der Waals surface area contributed by atoms with Gasteiger partial charge in [0.15, 0.2) is 0 Å². The van der Waals surface area contributed by atoms with Crippen molar-refractivity contribution in [3.63, 3.8) is 0 Å². The van der Waals surface area contributed by atoms with Crippen LogP contribution in [0.3, 0.4) is 0 Å². The molecule has 0 saturated heterocycles. The van der Waals surface area contributed by atoms with Crippen LogP contribution in [0.2, 0.25) is 0 Å². The van der Waals surface area contributed by atoms with Crippen LogP contribution in [0.25, 0.3) is 0 Å². The van der Waals surface area contributed by atoms with Gasteiger partial charge in [-0.15, -0.1) is 0 Å². The van der Waals surface area contributed by atoms with Gasteiger partial charge in [-0.3, -0.25) is 0 Å². The summed E-state index contributed by atoms with van der Waals surface area (Å²) in [5.74, 6) is -0.162. The second-order valence-corrected chi connectivity index (χ2v) is 3.56. The van der Waals surface area contributed by atoms with Gasteiger partial charge in [-0.05, 0) is 24.5 Å². The first-order valence-corrected chi connectivity index (χ1v) is 5.23. The van der Waals surface area contributed by atoms with E-state index in [-0.39, 0.29) is 11.9 Å². The predicted octanol–water partition coefficient (Wildman–Crippen LogP) is 3.19. The van der Waals surface area contributed by atoms with Gasteiger partial charge in [0.1, 0.15) is 5.82 Å². The lowest BCUT2D eigenvalue weighted by Crippen LogP contribution is -2.14. The molecule has 1 aromatic rings. The zero-order chi connectivity index (χ0) is 10.6. The van der Waals surface area contributed by atoms with Gasteiger partial charge in [0.05, 0.1) is 0 Å². The molecular weight excluding hydrogens is 177 g/mol. The molecule has 0 radical (unpaired) electrons. The van der Waals surface area contributed by atoms with Crippen molar-refractivity contribution in [1.29, 1.82) is 0 Å². The summed E-state index contributed by atoms with van der Waals surface area (Å²) < 4.78 is 13.5. The summed E-state index contributed by atoms with van der Waals surface area (Å²) >= 11 is 0. The Bertz CT molecular complexity index is 296. The van der Waals surface area contributed by atoms with Crippen LogP contribution in [0.1, 0.15) is 43.9 Å². The predicted molar refractivity (Wildman–Crippen MR) is 57.6 cm³/mol. The molecule has 2 heteroatoms. The first kappa shape index (κ1) is 11.2. The largest absolute Gasteiger partial charge is 0.324 e. The highest BCUT2D eigenvalue weighted by Gasteiger charge is 2.13. The van der Waals surface area contributed by atoms with Gasteiger partial charge in [0.25, 0.3) is 0 Å². The minimum Gasteiger partial charge on any atom is -0.324 e. The number of rotatable bonds is 4. The Morgan fingerprint density at radius 3 is 2.64 bits per heavy atom. The molecule has 0 fully saturated rings. The maximum atomic E-state index is 13.5. The van der Waals surface area contributed by atoms with Crippen molar-refractivity contribution < 1.29 is 4.39 Å². The molecule has 1 rings (SSSR count). The Hall–Kier alpha value is -0.890. The highest BCUT2D eigenvalue weighted by atomic mass is 19.1. The van der Waals surface area contributed by atoms with Crippen LogP contribution in [0.5, 0.6) is 0 Å². The Morgan fingerprint density at radius 1 is 1.36 bits per heavy atom. The summed E-state index contributed by atoms with van der Waals surface area (Å²) in [5.41, 5.74) is 7.68. The number of halogens is 1. The van der Waals surface area contributed by atoms with E-state index in [1.165, 1.54) is 6.07 Å². The van der Waals surface area contributed by atoms with Crippen molar-refractivity contribution in [2.24, 2.45) is 5.73 Å². The smallest absolute Gasteiger partial charge is 0.128 e. The molecule has 1 atom stereocenters. The van der Waals surface area contributed by atoms with Crippen LogP contribution >= 0.6 is 0 Å². The number of aryl methyl sites for hydroxylation is 1. The summed E-state index contributed by atoms with van der Waals surface area (Å²) in [4.78, 5) is 0. The fourth-order valence-electron chi connectivity index (χ4n) is 1.76. The summed E-state index contributed by atoms with van der Waals surface area (Å²) in [6.07, 6.45) is 2.66. The van der Waals surface area contributed by atoms with Crippen molar-refractivity contribution in [3.8, 4) is 0 Å². The van der Waals surface area contributed by atoms with Crippen molar-refractivity contribution in [1.82, 2.24) is 0 Å². The Morgan fingerprint density at radius 2 is 2.07 bits per heavy atom. The summed E-state index contributed by atoms with van der Waals surface area (Å²) in [6, 6.07) is 5.03. The molecule has 0 saturated carbocycles. The van der Waals surface area contributed by atoms with Crippen molar-refractivity contribution in [3.05, 3.63) is 35.1 Å². The molecule has 0 heterocycles. The molecule has 78 valence electrons. The average molecular weight is 195 g/mol. The lowest BCUT2D eigenvalue weighted by atomic mass is 9.96. The van der Waals surface area contributed by atoms with Crippen LogP contribution < -0.4 is 5.73 Å². The van der Waals surface area contributed by atoms with Crippen LogP contribution in [-0.4, -0.2) is 0 Å². The molecule has 0 aliphatic carbocycles. The third-order valence-corrected chi connectivity index (χ3v) is 2.49. The van der Waals surface area contributed by atoms with E-state index < -0.39 is 0 Å². The van der Waals surface area contributed by atoms with Crippen LogP contribution in [0.15, 0.2) is 18.2 Å². The van der Waals surface area contributed by atoms with Gasteiger partial charge < -0.3 is 5.73 Å². The fraction of sp³-hybridized carbons (Fsp3) is 0.500. The molecule has 0 bridgehead atoms. The second-order valence-electron chi connectivity index (χ2n) is 3.56. The fourth-order valence-corrected chi connectivity index (χ4v) is 1.76. The normalized spacial score (nSPS) is 12.9. The van der Waals surface area contributed by atoms with Gasteiger partial charge in [0.2, 0.25) is 0 Å². The van der Waals surface area contributed by atoms with Gasteiger partial charge >= 0.3 is 0 Å². The molecule has 1 nitrogen and oxygen atoms in total. The Kier molecular flexibility index (Phi) is 4.08. The molecule has 0 aromatic heterocycles. The van der Waals surface area contributed by atoms with Gasteiger partial charge in [-0.2, -0.15) is 0 Å². The van der Waals surface area contributed by atoms with E-state index in [4.69, 9.17) is 5.73 Å². The maximum absolute atomic E-state index is 13.5. The van der Waals surface area contributed by atoms with Gasteiger partial charge in [-0.25, -0.2) is 4.39 Å². The molecular formula is C12H18FN. The zero-order valence-corrected chi connectivity index (χ0v) is 8.89. The molecule has 0 amide bonds. The van der Waals surface area contributed by atoms with Gasteiger partial charge in [0, 0.05) is 11.6 Å². The number of hydrogen-bond acceptors (Lipinski definition) is 1. The molecule has 1 aromatic carbocycles.